The number of sulfonamides is 1. The topological polar surface area (TPSA) is 78.0 Å². The summed E-state index contributed by atoms with van der Waals surface area (Å²) in [6, 6.07) is 7.16. The van der Waals surface area contributed by atoms with Gasteiger partial charge in [0.05, 0.1) is 11.4 Å². The Labute approximate surface area is 173 Å². The standard InChI is InChI=1S/C16H9Br2F4N3O2S/c17-8-3-9(18)5-10(4-8)25-14(6-13(24-25)16(21)22)7-1-11(19)15(12(20)2-7)28(23,26)27/h1-6,16H,(H2,23,26,27). The minimum Gasteiger partial charge on any atom is -0.233 e. The lowest BCUT2D eigenvalue weighted by atomic mass is 10.1. The van der Waals surface area contributed by atoms with Crippen molar-refractivity contribution < 1.29 is 26.0 Å². The molecule has 1 heterocycles. The third-order valence-corrected chi connectivity index (χ3v) is 5.50. The zero-order chi connectivity index (χ0) is 20.8. The maximum atomic E-state index is 14.2. The third-order valence-electron chi connectivity index (χ3n) is 3.62. The van der Waals surface area contributed by atoms with E-state index in [1.165, 1.54) is 0 Å². The number of nitrogens with zero attached hydrogens (tertiary/aromatic N) is 2. The summed E-state index contributed by atoms with van der Waals surface area (Å²) in [7, 11) is -4.65. The molecule has 1 aromatic heterocycles. The van der Waals surface area contributed by atoms with E-state index in [0.717, 1.165) is 10.7 Å². The van der Waals surface area contributed by atoms with Gasteiger partial charge in [0, 0.05) is 14.5 Å². The maximum absolute atomic E-state index is 14.2. The van der Waals surface area contributed by atoms with Gasteiger partial charge in [0.25, 0.3) is 6.43 Å². The number of alkyl halides is 2. The van der Waals surface area contributed by atoms with Gasteiger partial charge < -0.3 is 0 Å². The quantitative estimate of drug-likeness (QED) is 0.475. The summed E-state index contributed by atoms with van der Waals surface area (Å²) in [5.41, 5.74) is -0.570. The highest BCUT2D eigenvalue weighted by Crippen LogP contribution is 2.32. The van der Waals surface area contributed by atoms with Crippen molar-refractivity contribution in [2.24, 2.45) is 5.14 Å². The third kappa shape index (κ3) is 4.14. The fourth-order valence-corrected chi connectivity index (χ4v) is 4.48. The highest BCUT2D eigenvalue weighted by Gasteiger charge is 2.24. The molecule has 5 nitrogen and oxygen atoms in total. The Morgan fingerprint density at radius 2 is 1.50 bits per heavy atom. The second-order valence-electron chi connectivity index (χ2n) is 5.61. The molecule has 0 unspecified atom stereocenters. The van der Waals surface area contributed by atoms with Gasteiger partial charge >= 0.3 is 0 Å². The Hall–Kier alpha value is -1.76. The van der Waals surface area contributed by atoms with Crippen LogP contribution >= 0.6 is 31.9 Å². The summed E-state index contributed by atoms with van der Waals surface area (Å²) in [6.07, 6.45) is -2.94. The zero-order valence-corrected chi connectivity index (χ0v) is 17.5. The molecule has 0 aliphatic rings. The average molecular weight is 543 g/mol. The molecule has 0 amide bonds. The predicted octanol–water partition coefficient (Wildman–Crippen LogP) is 4.93. The van der Waals surface area contributed by atoms with Crippen LogP contribution in [0.25, 0.3) is 16.9 Å². The van der Waals surface area contributed by atoms with Crippen LogP contribution in [0.1, 0.15) is 12.1 Å². The molecular formula is C16H9Br2F4N3O2S. The second-order valence-corrected chi connectivity index (χ2v) is 8.94. The van der Waals surface area contributed by atoms with Gasteiger partial charge in [-0.25, -0.2) is 35.8 Å². The average Bonchev–Trinajstić information content (AvgIpc) is 2.97. The molecule has 0 fully saturated rings. The van der Waals surface area contributed by atoms with Crippen molar-refractivity contribution in [3.8, 4) is 16.9 Å². The van der Waals surface area contributed by atoms with Crippen molar-refractivity contribution in [3.63, 3.8) is 0 Å². The summed E-state index contributed by atoms with van der Waals surface area (Å²) in [6.45, 7) is 0. The Kier molecular flexibility index (Phi) is 5.67. The van der Waals surface area contributed by atoms with Crippen molar-refractivity contribution in [1.82, 2.24) is 9.78 Å². The molecule has 2 aromatic carbocycles. The smallest absolute Gasteiger partial charge is 0.233 e. The van der Waals surface area contributed by atoms with E-state index in [0.29, 0.717) is 26.8 Å². The lowest BCUT2D eigenvalue weighted by Crippen LogP contribution is -2.16. The van der Waals surface area contributed by atoms with Crippen LogP contribution in [0, 0.1) is 11.6 Å². The Morgan fingerprint density at radius 3 is 1.96 bits per heavy atom. The Bertz CT molecular complexity index is 1140. The van der Waals surface area contributed by atoms with Crippen molar-refractivity contribution in [2.75, 3.05) is 0 Å². The van der Waals surface area contributed by atoms with Gasteiger partial charge in [-0.05, 0) is 36.4 Å². The minimum atomic E-state index is -4.65. The molecule has 0 aliphatic heterocycles. The molecule has 148 valence electrons. The number of nitrogens with two attached hydrogens (primary N) is 1. The van der Waals surface area contributed by atoms with E-state index < -0.39 is 38.7 Å². The van der Waals surface area contributed by atoms with Gasteiger partial charge in [-0.1, -0.05) is 31.9 Å². The molecule has 3 rings (SSSR count). The molecule has 0 saturated carbocycles. The van der Waals surface area contributed by atoms with Crippen LogP contribution in [0.15, 0.2) is 50.2 Å². The highest BCUT2D eigenvalue weighted by atomic mass is 79.9. The van der Waals surface area contributed by atoms with Gasteiger partial charge in [-0.3, -0.25) is 0 Å². The first kappa shape index (κ1) is 21.0. The highest BCUT2D eigenvalue weighted by molar-refractivity contribution is 9.11. The monoisotopic (exact) mass is 541 g/mol. The van der Waals surface area contributed by atoms with Crippen molar-refractivity contribution in [1.29, 1.82) is 0 Å². The fraction of sp³-hybridized carbons (Fsp3) is 0.0625. The number of aromatic nitrogens is 2. The first-order valence-corrected chi connectivity index (χ1v) is 10.5. The van der Waals surface area contributed by atoms with Crippen molar-refractivity contribution in [2.45, 2.75) is 11.3 Å². The van der Waals surface area contributed by atoms with E-state index >= 15 is 0 Å². The van der Waals surface area contributed by atoms with E-state index in [9.17, 15) is 26.0 Å². The number of hydrogen-bond donors (Lipinski definition) is 1. The van der Waals surface area contributed by atoms with Crippen LogP contribution in [-0.2, 0) is 10.0 Å². The van der Waals surface area contributed by atoms with Crippen LogP contribution in [0.3, 0.4) is 0 Å². The van der Waals surface area contributed by atoms with E-state index in [4.69, 9.17) is 5.14 Å². The molecule has 0 bridgehead atoms. The van der Waals surface area contributed by atoms with Crippen LogP contribution in [0.4, 0.5) is 17.6 Å². The van der Waals surface area contributed by atoms with Gasteiger partial charge in [0.1, 0.15) is 17.3 Å². The zero-order valence-electron chi connectivity index (χ0n) is 13.5. The normalized spacial score (nSPS) is 12.0. The molecule has 0 atom stereocenters. The molecule has 28 heavy (non-hydrogen) atoms. The number of primary sulfonamides is 1. The first-order valence-electron chi connectivity index (χ1n) is 7.34. The van der Waals surface area contributed by atoms with E-state index in [-0.39, 0.29) is 11.3 Å². The van der Waals surface area contributed by atoms with E-state index in [1.807, 2.05) is 0 Å². The van der Waals surface area contributed by atoms with Gasteiger partial charge in [-0.15, -0.1) is 0 Å². The summed E-state index contributed by atoms with van der Waals surface area (Å²) in [5.74, 6) is -2.89. The number of hydrogen-bond acceptors (Lipinski definition) is 3. The van der Waals surface area contributed by atoms with Crippen LogP contribution < -0.4 is 5.14 Å². The van der Waals surface area contributed by atoms with Gasteiger partial charge in [-0.2, -0.15) is 5.10 Å². The first-order chi connectivity index (χ1) is 13.0. The largest absolute Gasteiger partial charge is 0.282 e. The summed E-state index contributed by atoms with van der Waals surface area (Å²) < 4.78 is 79.8. The fourth-order valence-electron chi connectivity index (χ4n) is 2.55. The van der Waals surface area contributed by atoms with Gasteiger partial charge in [0.15, 0.2) is 4.90 Å². The molecule has 0 radical (unpaired) electrons. The minimum absolute atomic E-state index is 0.0703. The SMILES string of the molecule is NS(=O)(=O)c1c(F)cc(-c2cc(C(F)F)nn2-c2cc(Br)cc(Br)c2)cc1F. The van der Waals surface area contributed by atoms with Gasteiger partial charge in [0.2, 0.25) is 10.0 Å². The molecule has 2 N–H and O–H groups in total. The van der Waals surface area contributed by atoms with Crippen molar-refractivity contribution >= 4 is 41.9 Å². The Balaban J connectivity index is 2.28. The predicted molar refractivity (Wildman–Crippen MR) is 101 cm³/mol. The number of rotatable bonds is 4. The lowest BCUT2D eigenvalue weighted by molar-refractivity contribution is 0.145. The second kappa shape index (κ2) is 7.58. The summed E-state index contributed by atoms with van der Waals surface area (Å²) in [5, 5.41) is 8.62. The summed E-state index contributed by atoms with van der Waals surface area (Å²) in [4.78, 5) is -1.30. The molecule has 0 aliphatic carbocycles. The van der Waals surface area contributed by atoms with E-state index in [2.05, 4.69) is 37.0 Å². The molecular weight excluding hydrogens is 534 g/mol. The molecule has 0 saturated heterocycles. The molecule has 12 heteroatoms. The number of benzene rings is 2. The maximum Gasteiger partial charge on any atom is 0.282 e. The van der Waals surface area contributed by atoms with Crippen molar-refractivity contribution in [3.05, 3.63) is 62.7 Å². The van der Waals surface area contributed by atoms with Crippen LogP contribution in [0.2, 0.25) is 0 Å². The molecule has 0 spiro atoms. The molecule has 3 aromatic rings. The Morgan fingerprint density at radius 1 is 0.964 bits per heavy atom. The van der Waals surface area contributed by atoms with Crippen LogP contribution in [0.5, 0.6) is 0 Å². The van der Waals surface area contributed by atoms with Crippen LogP contribution in [-0.4, -0.2) is 18.2 Å². The lowest BCUT2D eigenvalue weighted by Gasteiger charge is -2.11. The van der Waals surface area contributed by atoms with E-state index in [1.54, 1.807) is 18.2 Å². The summed E-state index contributed by atoms with van der Waals surface area (Å²) >= 11 is 6.52. The number of halogens is 6.